The molecule has 3 rings (SSSR count). The molecule has 0 spiro atoms. The van der Waals surface area contributed by atoms with Crippen LogP contribution < -0.4 is 0 Å². The van der Waals surface area contributed by atoms with E-state index in [4.69, 9.17) is 0 Å². The standard InChI is InChI=1S/C14H14/c1-14-8-7-12(9-13(14)10-14)11-5-3-2-4-6-11/h2-9,13H,10H2,1H3. The summed E-state index contributed by atoms with van der Waals surface area (Å²) in [5.41, 5.74) is 3.24. The van der Waals surface area contributed by atoms with Gasteiger partial charge in [0, 0.05) is 0 Å². The van der Waals surface area contributed by atoms with E-state index in [2.05, 4.69) is 55.5 Å². The van der Waals surface area contributed by atoms with Crippen molar-refractivity contribution in [2.75, 3.05) is 0 Å². The van der Waals surface area contributed by atoms with Gasteiger partial charge in [-0.1, -0.05) is 55.5 Å². The number of rotatable bonds is 1. The third kappa shape index (κ3) is 1.14. The normalized spacial score (nSPS) is 33.5. The molecule has 1 aromatic rings. The van der Waals surface area contributed by atoms with E-state index in [0.29, 0.717) is 5.41 Å². The van der Waals surface area contributed by atoms with E-state index >= 15 is 0 Å². The van der Waals surface area contributed by atoms with Gasteiger partial charge in [-0.15, -0.1) is 0 Å². The van der Waals surface area contributed by atoms with Crippen LogP contribution in [-0.4, -0.2) is 0 Å². The molecule has 2 aliphatic rings. The summed E-state index contributed by atoms with van der Waals surface area (Å²) >= 11 is 0. The summed E-state index contributed by atoms with van der Waals surface area (Å²) in [6.07, 6.45) is 8.41. The second-order valence-electron chi connectivity index (χ2n) is 4.64. The van der Waals surface area contributed by atoms with E-state index in [9.17, 15) is 0 Å². The summed E-state index contributed by atoms with van der Waals surface area (Å²) in [6, 6.07) is 10.6. The Labute approximate surface area is 85.0 Å². The molecule has 0 amide bonds. The molecular weight excluding hydrogens is 168 g/mol. The van der Waals surface area contributed by atoms with Crippen LogP contribution in [0.2, 0.25) is 0 Å². The fraction of sp³-hybridized carbons (Fsp3) is 0.286. The van der Waals surface area contributed by atoms with Crippen LogP contribution in [0.5, 0.6) is 0 Å². The summed E-state index contributed by atoms with van der Waals surface area (Å²) in [6.45, 7) is 2.34. The number of fused-ring (bicyclic) bond motifs is 1. The molecule has 2 aliphatic carbocycles. The summed E-state index contributed by atoms with van der Waals surface area (Å²) in [5, 5.41) is 0. The van der Waals surface area contributed by atoms with E-state index < -0.39 is 0 Å². The molecule has 0 heterocycles. The highest BCUT2D eigenvalue weighted by atomic mass is 14.5. The molecule has 70 valence electrons. The largest absolute Gasteiger partial charge is 0.0774 e. The fourth-order valence-electron chi connectivity index (χ4n) is 2.23. The van der Waals surface area contributed by atoms with E-state index in [-0.39, 0.29) is 0 Å². The molecule has 0 nitrogen and oxygen atoms in total. The molecule has 1 fully saturated rings. The smallest absolute Gasteiger partial charge is 0.00739 e. The average Bonchev–Trinajstić information content (AvgIpc) is 2.90. The minimum atomic E-state index is 0.498. The monoisotopic (exact) mass is 182 g/mol. The Hall–Kier alpha value is -1.30. The molecule has 0 heteroatoms. The number of hydrogen-bond acceptors (Lipinski definition) is 0. The maximum absolute atomic E-state index is 2.43. The highest BCUT2D eigenvalue weighted by Gasteiger charge is 2.47. The maximum atomic E-state index is 2.43. The van der Waals surface area contributed by atoms with Crippen molar-refractivity contribution >= 4 is 5.57 Å². The highest BCUT2D eigenvalue weighted by Crippen LogP contribution is 2.57. The van der Waals surface area contributed by atoms with Crippen LogP contribution in [0.15, 0.2) is 48.6 Å². The van der Waals surface area contributed by atoms with Crippen molar-refractivity contribution in [3.05, 3.63) is 54.1 Å². The lowest BCUT2D eigenvalue weighted by atomic mass is 9.94. The van der Waals surface area contributed by atoms with Gasteiger partial charge in [0.05, 0.1) is 0 Å². The molecule has 0 bridgehead atoms. The fourth-order valence-corrected chi connectivity index (χ4v) is 2.23. The van der Waals surface area contributed by atoms with E-state index in [0.717, 1.165) is 5.92 Å². The third-order valence-electron chi connectivity index (χ3n) is 3.48. The van der Waals surface area contributed by atoms with Crippen molar-refractivity contribution < 1.29 is 0 Å². The number of benzene rings is 1. The second kappa shape index (κ2) is 2.60. The van der Waals surface area contributed by atoms with E-state index in [1.54, 1.807) is 0 Å². The van der Waals surface area contributed by atoms with Crippen molar-refractivity contribution in [2.24, 2.45) is 11.3 Å². The van der Waals surface area contributed by atoms with Gasteiger partial charge in [0.1, 0.15) is 0 Å². The molecule has 0 N–H and O–H groups in total. The average molecular weight is 182 g/mol. The minimum absolute atomic E-state index is 0.498. The third-order valence-corrected chi connectivity index (χ3v) is 3.48. The molecule has 0 saturated heterocycles. The zero-order valence-corrected chi connectivity index (χ0v) is 8.40. The lowest BCUT2D eigenvalue weighted by Crippen LogP contribution is -1.96. The molecule has 0 radical (unpaired) electrons. The Bertz CT molecular complexity index is 411. The molecule has 14 heavy (non-hydrogen) atoms. The molecular formula is C14H14. The Morgan fingerprint density at radius 1 is 1.21 bits per heavy atom. The second-order valence-corrected chi connectivity index (χ2v) is 4.64. The van der Waals surface area contributed by atoms with Gasteiger partial charge in [-0.2, -0.15) is 0 Å². The first-order chi connectivity index (χ1) is 6.78. The zero-order chi connectivity index (χ0) is 9.60. The Morgan fingerprint density at radius 2 is 2.00 bits per heavy atom. The Kier molecular flexibility index (Phi) is 1.49. The van der Waals surface area contributed by atoms with Gasteiger partial charge in [0.2, 0.25) is 0 Å². The van der Waals surface area contributed by atoms with Gasteiger partial charge in [0.15, 0.2) is 0 Å². The van der Waals surface area contributed by atoms with E-state index in [1.807, 2.05) is 0 Å². The number of hydrogen-bond donors (Lipinski definition) is 0. The van der Waals surface area contributed by atoms with Crippen molar-refractivity contribution in [3.63, 3.8) is 0 Å². The van der Waals surface area contributed by atoms with Gasteiger partial charge in [-0.3, -0.25) is 0 Å². The number of allylic oxidation sites excluding steroid dienone is 4. The Morgan fingerprint density at radius 3 is 2.71 bits per heavy atom. The van der Waals surface area contributed by atoms with Gasteiger partial charge in [-0.25, -0.2) is 0 Å². The van der Waals surface area contributed by atoms with Crippen LogP contribution in [0, 0.1) is 11.3 Å². The SMILES string of the molecule is CC12C=CC(c3ccccc3)=CC1C2. The first-order valence-corrected chi connectivity index (χ1v) is 5.24. The van der Waals surface area contributed by atoms with Crippen molar-refractivity contribution in [2.45, 2.75) is 13.3 Å². The predicted octanol–water partition coefficient (Wildman–Crippen LogP) is 3.67. The van der Waals surface area contributed by atoms with Crippen LogP contribution in [0.25, 0.3) is 5.57 Å². The molecule has 2 atom stereocenters. The van der Waals surface area contributed by atoms with Gasteiger partial charge >= 0.3 is 0 Å². The van der Waals surface area contributed by atoms with Crippen LogP contribution in [0.4, 0.5) is 0 Å². The van der Waals surface area contributed by atoms with Gasteiger partial charge in [-0.05, 0) is 28.9 Å². The van der Waals surface area contributed by atoms with Crippen LogP contribution in [0.1, 0.15) is 18.9 Å². The van der Waals surface area contributed by atoms with Crippen LogP contribution in [-0.2, 0) is 0 Å². The molecule has 2 unspecified atom stereocenters. The lowest BCUT2D eigenvalue weighted by Gasteiger charge is -2.11. The zero-order valence-electron chi connectivity index (χ0n) is 8.40. The summed E-state index contributed by atoms with van der Waals surface area (Å²) in [5.74, 6) is 0.794. The van der Waals surface area contributed by atoms with Gasteiger partial charge in [0.25, 0.3) is 0 Å². The highest BCUT2D eigenvalue weighted by molar-refractivity contribution is 5.76. The first kappa shape index (κ1) is 8.05. The Balaban J connectivity index is 1.96. The lowest BCUT2D eigenvalue weighted by molar-refractivity contribution is 0.692. The van der Waals surface area contributed by atoms with Crippen molar-refractivity contribution in [3.8, 4) is 0 Å². The maximum Gasteiger partial charge on any atom is -0.00739 e. The molecule has 1 aromatic carbocycles. The topological polar surface area (TPSA) is 0 Å². The predicted molar refractivity (Wildman–Crippen MR) is 59.8 cm³/mol. The minimum Gasteiger partial charge on any atom is -0.0774 e. The van der Waals surface area contributed by atoms with Crippen LogP contribution in [0.3, 0.4) is 0 Å². The first-order valence-electron chi connectivity index (χ1n) is 5.24. The summed E-state index contributed by atoms with van der Waals surface area (Å²) in [7, 11) is 0. The molecule has 0 aliphatic heterocycles. The van der Waals surface area contributed by atoms with Gasteiger partial charge < -0.3 is 0 Å². The van der Waals surface area contributed by atoms with Crippen LogP contribution >= 0.6 is 0 Å². The summed E-state index contributed by atoms with van der Waals surface area (Å²) < 4.78 is 0. The van der Waals surface area contributed by atoms with Crippen molar-refractivity contribution in [1.82, 2.24) is 0 Å². The summed E-state index contributed by atoms with van der Waals surface area (Å²) in [4.78, 5) is 0. The van der Waals surface area contributed by atoms with E-state index in [1.165, 1.54) is 17.6 Å². The quantitative estimate of drug-likeness (QED) is 0.621. The van der Waals surface area contributed by atoms with Crippen molar-refractivity contribution in [1.29, 1.82) is 0 Å². The molecule has 0 aromatic heterocycles. The molecule has 1 saturated carbocycles.